The monoisotopic (exact) mass is 335 g/mol. The fraction of sp³-hybridized carbons (Fsp3) is 0.438. The van der Waals surface area contributed by atoms with Gasteiger partial charge in [-0.05, 0) is 31.5 Å². The van der Waals surface area contributed by atoms with Crippen LogP contribution in [0.2, 0.25) is 5.02 Å². The molecule has 2 aromatic rings. The number of rotatable bonds is 3. The lowest BCUT2D eigenvalue weighted by molar-refractivity contribution is -0.148. The Morgan fingerprint density at radius 1 is 1.43 bits per heavy atom. The summed E-state index contributed by atoms with van der Waals surface area (Å²) in [6.45, 7) is 1.25. The van der Waals surface area contributed by atoms with Crippen molar-refractivity contribution in [3.05, 3.63) is 45.5 Å². The molecule has 1 fully saturated rings. The first-order valence-electron chi connectivity index (χ1n) is 7.58. The summed E-state index contributed by atoms with van der Waals surface area (Å²) in [6, 6.07) is 4.64. The average Bonchev–Trinajstić information content (AvgIpc) is 2.55. The van der Waals surface area contributed by atoms with Crippen LogP contribution < -0.4 is 5.56 Å². The molecule has 0 N–H and O–H groups in total. The zero-order chi connectivity index (χ0) is 16.4. The molecule has 2 aromatic heterocycles. The van der Waals surface area contributed by atoms with E-state index in [-0.39, 0.29) is 17.6 Å². The van der Waals surface area contributed by atoms with Gasteiger partial charge in [-0.2, -0.15) is 0 Å². The van der Waals surface area contributed by atoms with Crippen molar-refractivity contribution in [1.82, 2.24) is 14.3 Å². The third-order valence-corrected chi connectivity index (χ3v) is 4.35. The molecule has 0 amide bonds. The maximum atomic E-state index is 12.2. The second kappa shape index (κ2) is 6.68. The summed E-state index contributed by atoms with van der Waals surface area (Å²) in [4.78, 5) is 30.7. The molecule has 3 rings (SSSR count). The van der Waals surface area contributed by atoms with Crippen molar-refractivity contribution in [2.45, 2.75) is 31.8 Å². The van der Waals surface area contributed by atoms with Crippen LogP contribution in [0.3, 0.4) is 0 Å². The lowest BCUT2D eigenvalue weighted by Gasteiger charge is -2.33. The van der Waals surface area contributed by atoms with Crippen molar-refractivity contribution in [3.8, 4) is 0 Å². The van der Waals surface area contributed by atoms with E-state index < -0.39 is 0 Å². The first-order valence-corrected chi connectivity index (χ1v) is 7.96. The van der Waals surface area contributed by atoms with Gasteiger partial charge in [-0.3, -0.25) is 18.9 Å². The number of ether oxygens (including phenoxy) is 1. The number of likely N-dealkylation sites (tertiary alicyclic amines) is 1. The van der Waals surface area contributed by atoms with Crippen LogP contribution in [-0.2, 0) is 16.1 Å². The number of pyridine rings is 1. The lowest BCUT2D eigenvalue weighted by Crippen LogP contribution is -2.44. The maximum Gasteiger partial charge on any atom is 0.323 e. The van der Waals surface area contributed by atoms with Gasteiger partial charge < -0.3 is 4.74 Å². The van der Waals surface area contributed by atoms with E-state index in [4.69, 9.17) is 16.3 Å². The van der Waals surface area contributed by atoms with Crippen molar-refractivity contribution < 1.29 is 9.53 Å². The van der Waals surface area contributed by atoms with E-state index >= 15 is 0 Å². The number of hydrogen-bond donors (Lipinski definition) is 0. The molecule has 3 heterocycles. The lowest BCUT2D eigenvalue weighted by atomic mass is 10.0. The number of fused-ring (bicyclic) bond motifs is 1. The van der Waals surface area contributed by atoms with E-state index in [0.717, 1.165) is 25.8 Å². The Morgan fingerprint density at radius 2 is 2.26 bits per heavy atom. The summed E-state index contributed by atoms with van der Waals surface area (Å²) < 4.78 is 6.30. The van der Waals surface area contributed by atoms with E-state index in [9.17, 15) is 9.59 Å². The van der Waals surface area contributed by atoms with Gasteiger partial charge in [0.25, 0.3) is 5.56 Å². The van der Waals surface area contributed by atoms with Gasteiger partial charge in [-0.25, -0.2) is 4.98 Å². The number of methoxy groups -OCH3 is 1. The summed E-state index contributed by atoms with van der Waals surface area (Å²) in [5, 5.41) is 0.482. The summed E-state index contributed by atoms with van der Waals surface area (Å²) in [5.41, 5.74) is 1.01. The summed E-state index contributed by atoms with van der Waals surface area (Å²) in [6.07, 6.45) is 4.35. The van der Waals surface area contributed by atoms with Crippen molar-refractivity contribution in [3.63, 3.8) is 0 Å². The predicted octanol–water partition coefficient (Wildman–Crippen LogP) is 1.88. The van der Waals surface area contributed by atoms with Crippen LogP contribution in [0.5, 0.6) is 0 Å². The number of carbonyl (C=O) groups excluding carboxylic acids is 1. The first kappa shape index (κ1) is 16.0. The highest BCUT2D eigenvalue weighted by Crippen LogP contribution is 2.20. The number of aromatic nitrogens is 2. The van der Waals surface area contributed by atoms with Crippen molar-refractivity contribution in [2.24, 2.45) is 0 Å². The van der Waals surface area contributed by atoms with Crippen LogP contribution in [0.15, 0.2) is 29.2 Å². The van der Waals surface area contributed by atoms with Crippen LogP contribution in [0.25, 0.3) is 5.65 Å². The molecular weight excluding hydrogens is 318 g/mol. The first-order chi connectivity index (χ1) is 11.1. The van der Waals surface area contributed by atoms with Gasteiger partial charge in [0.1, 0.15) is 11.7 Å². The maximum absolute atomic E-state index is 12.2. The molecule has 0 bridgehead atoms. The highest BCUT2D eigenvalue weighted by molar-refractivity contribution is 6.30. The third kappa shape index (κ3) is 3.38. The van der Waals surface area contributed by atoms with Gasteiger partial charge in [0.15, 0.2) is 0 Å². The smallest absolute Gasteiger partial charge is 0.323 e. The van der Waals surface area contributed by atoms with Crippen LogP contribution in [-0.4, -0.2) is 40.0 Å². The molecule has 122 valence electrons. The summed E-state index contributed by atoms with van der Waals surface area (Å²) >= 11 is 5.91. The van der Waals surface area contributed by atoms with E-state index in [1.54, 1.807) is 18.3 Å². The molecule has 0 saturated carbocycles. The van der Waals surface area contributed by atoms with Gasteiger partial charge in [-0.1, -0.05) is 18.0 Å². The Hall–Kier alpha value is -1.92. The number of nitrogens with zero attached hydrogens (tertiary/aromatic N) is 3. The quantitative estimate of drug-likeness (QED) is 0.801. The molecule has 0 aliphatic carbocycles. The number of hydrogen-bond acceptors (Lipinski definition) is 5. The Bertz CT molecular complexity index is 790. The minimum Gasteiger partial charge on any atom is -0.468 e. The third-order valence-electron chi connectivity index (χ3n) is 4.13. The second-order valence-corrected chi connectivity index (χ2v) is 6.10. The molecule has 0 unspecified atom stereocenters. The minimum atomic E-state index is -0.265. The number of carbonyl (C=O) groups is 1. The zero-order valence-corrected chi connectivity index (χ0v) is 13.6. The molecule has 0 aromatic carbocycles. The normalized spacial score (nSPS) is 19.0. The highest BCUT2D eigenvalue weighted by Gasteiger charge is 2.29. The minimum absolute atomic E-state index is 0.181. The Kier molecular flexibility index (Phi) is 4.63. The fourth-order valence-corrected chi connectivity index (χ4v) is 3.16. The highest BCUT2D eigenvalue weighted by atomic mass is 35.5. The van der Waals surface area contributed by atoms with Crippen LogP contribution in [0.1, 0.15) is 25.0 Å². The van der Waals surface area contributed by atoms with E-state index in [0.29, 0.717) is 22.9 Å². The van der Waals surface area contributed by atoms with Crippen LogP contribution >= 0.6 is 11.6 Å². The Morgan fingerprint density at radius 3 is 3.04 bits per heavy atom. The summed E-state index contributed by atoms with van der Waals surface area (Å²) in [7, 11) is 1.40. The van der Waals surface area contributed by atoms with Crippen molar-refractivity contribution >= 4 is 23.2 Å². The predicted molar refractivity (Wildman–Crippen MR) is 86.5 cm³/mol. The molecule has 23 heavy (non-hydrogen) atoms. The number of esters is 1. The van der Waals surface area contributed by atoms with Crippen molar-refractivity contribution in [1.29, 1.82) is 0 Å². The van der Waals surface area contributed by atoms with Gasteiger partial charge >= 0.3 is 5.97 Å². The SMILES string of the molecule is COC(=O)[C@H]1CCCCN1Cc1cc(=O)n2cc(Cl)ccc2n1. The van der Waals surface area contributed by atoms with E-state index in [2.05, 4.69) is 4.98 Å². The van der Waals surface area contributed by atoms with Gasteiger partial charge in [0, 0.05) is 18.8 Å². The molecule has 7 heteroatoms. The second-order valence-electron chi connectivity index (χ2n) is 5.67. The van der Waals surface area contributed by atoms with Gasteiger partial charge in [0.05, 0.1) is 17.8 Å². The number of halogens is 1. The Balaban J connectivity index is 1.89. The molecule has 1 aliphatic rings. The topological polar surface area (TPSA) is 63.9 Å². The zero-order valence-electron chi connectivity index (χ0n) is 12.9. The molecule has 1 atom stereocenters. The average molecular weight is 336 g/mol. The van der Waals surface area contributed by atoms with Crippen LogP contribution in [0, 0.1) is 0 Å². The van der Waals surface area contributed by atoms with Gasteiger partial charge in [-0.15, -0.1) is 0 Å². The number of piperidine rings is 1. The molecule has 0 spiro atoms. The van der Waals surface area contributed by atoms with Gasteiger partial charge in [0.2, 0.25) is 0 Å². The standard InChI is InChI=1S/C16H18ClN3O3/c1-23-16(22)13-4-2-3-7-19(13)10-12-8-15(21)20-9-11(17)5-6-14(20)18-12/h5-6,8-9,13H,2-4,7,10H2,1H3/t13-/m1/s1. The largest absolute Gasteiger partial charge is 0.468 e. The molecular formula is C16H18ClN3O3. The molecule has 6 nitrogen and oxygen atoms in total. The molecule has 0 radical (unpaired) electrons. The Labute approximate surface area is 138 Å². The van der Waals surface area contributed by atoms with Crippen molar-refractivity contribution in [2.75, 3.05) is 13.7 Å². The molecule has 1 saturated heterocycles. The van der Waals surface area contributed by atoms with E-state index in [1.807, 2.05) is 4.90 Å². The summed E-state index contributed by atoms with van der Waals surface area (Å²) in [5.74, 6) is -0.228. The molecule has 1 aliphatic heterocycles. The van der Waals surface area contributed by atoms with Crippen LogP contribution in [0.4, 0.5) is 0 Å². The van der Waals surface area contributed by atoms with E-state index in [1.165, 1.54) is 17.6 Å². The fourth-order valence-electron chi connectivity index (χ4n) is 3.00.